The van der Waals surface area contributed by atoms with Crippen LogP contribution in [0, 0.1) is 13.8 Å². The molecule has 0 radical (unpaired) electrons. The van der Waals surface area contributed by atoms with Gasteiger partial charge in [-0.25, -0.2) is 0 Å². The van der Waals surface area contributed by atoms with Crippen LogP contribution in [0.1, 0.15) is 37.2 Å². The number of nitrogens with zero attached hydrogens (tertiary/aromatic N) is 2. The SMILES string of the molecule is CCOc1cc2oc(C)c(C)c2cc1/C(C)=C/C(=O)NC1=NN(c2ccccc2)C(=O)C1. The number of benzene rings is 2. The number of amidine groups is 1. The molecule has 1 N–H and O–H groups in total. The Kier molecular flexibility index (Phi) is 5.81. The monoisotopic (exact) mass is 431 g/mol. The van der Waals surface area contributed by atoms with E-state index in [0.717, 1.165) is 33.4 Å². The normalized spacial score (nSPS) is 14.1. The van der Waals surface area contributed by atoms with Gasteiger partial charge in [0.1, 0.15) is 22.9 Å². The summed E-state index contributed by atoms with van der Waals surface area (Å²) in [6.07, 6.45) is 1.53. The van der Waals surface area contributed by atoms with Crippen molar-refractivity contribution in [3.05, 3.63) is 65.4 Å². The van der Waals surface area contributed by atoms with E-state index in [9.17, 15) is 9.59 Å². The predicted octanol–water partition coefficient (Wildman–Crippen LogP) is 4.72. The van der Waals surface area contributed by atoms with Crippen LogP contribution in [0.15, 0.2) is 58.1 Å². The number of ether oxygens (including phenoxy) is 1. The van der Waals surface area contributed by atoms with Crippen LogP contribution in [-0.2, 0) is 9.59 Å². The molecule has 2 amide bonds. The zero-order valence-electron chi connectivity index (χ0n) is 18.6. The fourth-order valence-electron chi connectivity index (χ4n) is 3.68. The average molecular weight is 431 g/mol. The average Bonchev–Trinajstić information content (AvgIpc) is 3.26. The molecule has 0 atom stereocenters. The molecule has 3 aromatic rings. The molecule has 0 aliphatic carbocycles. The van der Waals surface area contributed by atoms with Crippen LogP contribution in [0.3, 0.4) is 0 Å². The number of para-hydroxylation sites is 1. The molecule has 0 fully saturated rings. The summed E-state index contributed by atoms with van der Waals surface area (Å²) < 4.78 is 11.6. The van der Waals surface area contributed by atoms with E-state index in [1.54, 1.807) is 12.1 Å². The van der Waals surface area contributed by atoms with Crippen LogP contribution in [0.2, 0.25) is 0 Å². The summed E-state index contributed by atoms with van der Waals surface area (Å²) in [5.74, 6) is 1.27. The maximum Gasteiger partial charge on any atom is 0.255 e. The molecular weight excluding hydrogens is 406 g/mol. The van der Waals surface area contributed by atoms with E-state index in [1.165, 1.54) is 11.1 Å². The van der Waals surface area contributed by atoms with Crippen LogP contribution >= 0.6 is 0 Å². The second kappa shape index (κ2) is 8.70. The van der Waals surface area contributed by atoms with E-state index in [4.69, 9.17) is 9.15 Å². The summed E-state index contributed by atoms with van der Waals surface area (Å²) in [5, 5.41) is 9.28. The number of amides is 2. The second-order valence-electron chi connectivity index (χ2n) is 7.64. The van der Waals surface area contributed by atoms with Crippen molar-refractivity contribution in [2.45, 2.75) is 34.1 Å². The van der Waals surface area contributed by atoms with Crippen LogP contribution in [-0.4, -0.2) is 24.3 Å². The Labute approximate surface area is 186 Å². The molecule has 1 aromatic heterocycles. The Morgan fingerprint density at radius 3 is 2.72 bits per heavy atom. The van der Waals surface area contributed by atoms with E-state index in [1.807, 2.05) is 58.0 Å². The number of hydrogen-bond acceptors (Lipinski definition) is 5. The van der Waals surface area contributed by atoms with Gasteiger partial charge in [0.05, 0.1) is 18.7 Å². The molecule has 2 aromatic carbocycles. The number of rotatable bonds is 5. The lowest BCUT2D eigenvalue weighted by molar-refractivity contribution is -0.116. The largest absolute Gasteiger partial charge is 0.493 e. The predicted molar refractivity (Wildman–Crippen MR) is 125 cm³/mol. The Morgan fingerprint density at radius 1 is 1.25 bits per heavy atom. The number of hydrazone groups is 1. The van der Waals surface area contributed by atoms with Gasteiger partial charge in [0, 0.05) is 23.1 Å². The number of carbonyl (C=O) groups excluding carboxylic acids is 2. The summed E-state index contributed by atoms with van der Waals surface area (Å²) in [5.41, 5.74) is 4.02. The maximum absolute atomic E-state index is 12.7. The van der Waals surface area contributed by atoms with E-state index in [2.05, 4.69) is 10.4 Å². The minimum absolute atomic E-state index is 0.0389. The van der Waals surface area contributed by atoms with Crippen molar-refractivity contribution < 1.29 is 18.7 Å². The summed E-state index contributed by atoms with van der Waals surface area (Å²) >= 11 is 0. The number of anilines is 1. The fraction of sp³-hybridized carbons (Fsp3) is 0.240. The lowest BCUT2D eigenvalue weighted by Gasteiger charge is -2.11. The first-order valence-electron chi connectivity index (χ1n) is 10.5. The van der Waals surface area contributed by atoms with Gasteiger partial charge in [-0.1, -0.05) is 18.2 Å². The van der Waals surface area contributed by atoms with Crippen molar-refractivity contribution in [1.82, 2.24) is 5.32 Å². The van der Waals surface area contributed by atoms with E-state index < -0.39 is 0 Å². The minimum Gasteiger partial charge on any atom is -0.493 e. The van der Waals surface area contributed by atoms with Crippen molar-refractivity contribution in [2.75, 3.05) is 11.6 Å². The van der Waals surface area contributed by atoms with Gasteiger partial charge in [0.25, 0.3) is 5.91 Å². The van der Waals surface area contributed by atoms with Crippen molar-refractivity contribution in [2.24, 2.45) is 5.10 Å². The lowest BCUT2D eigenvalue weighted by Crippen LogP contribution is -2.28. The van der Waals surface area contributed by atoms with Crippen molar-refractivity contribution >= 4 is 39.9 Å². The standard InChI is InChI=1S/C25H25N3O4/c1-5-31-21-13-22-20(16(3)17(4)32-22)12-19(21)15(2)11-24(29)26-23-14-25(30)28(27-23)18-9-7-6-8-10-18/h6-13H,5,14H2,1-4H3,(H,26,27,29)/b15-11+. The number of allylic oxidation sites excluding steroid dienone is 1. The van der Waals surface area contributed by atoms with E-state index >= 15 is 0 Å². The zero-order valence-corrected chi connectivity index (χ0v) is 18.6. The highest BCUT2D eigenvalue weighted by Gasteiger charge is 2.26. The Bertz CT molecular complexity index is 1260. The summed E-state index contributed by atoms with van der Waals surface area (Å²) in [6.45, 7) is 8.18. The third-order valence-corrected chi connectivity index (χ3v) is 5.39. The number of nitrogens with one attached hydrogen (secondary N) is 1. The molecule has 0 saturated carbocycles. The number of furan rings is 1. The molecule has 0 unspecified atom stereocenters. The van der Waals surface area contributed by atoms with Crippen molar-refractivity contribution in [1.29, 1.82) is 0 Å². The Balaban J connectivity index is 1.58. The van der Waals surface area contributed by atoms with Gasteiger partial charge in [0.2, 0.25) is 5.91 Å². The highest BCUT2D eigenvalue weighted by Crippen LogP contribution is 2.35. The third-order valence-electron chi connectivity index (χ3n) is 5.39. The van der Waals surface area contributed by atoms with Crippen LogP contribution in [0.5, 0.6) is 5.75 Å². The molecule has 0 bridgehead atoms. The van der Waals surface area contributed by atoms with Gasteiger partial charge in [0.15, 0.2) is 0 Å². The minimum atomic E-state index is -0.355. The fourth-order valence-corrected chi connectivity index (χ4v) is 3.68. The smallest absolute Gasteiger partial charge is 0.255 e. The quantitative estimate of drug-likeness (QED) is 0.593. The van der Waals surface area contributed by atoms with Crippen molar-refractivity contribution in [3.63, 3.8) is 0 Å². The van der Waals surface area contributed by atoms with Gasteiger partial charge in [-0.2, -0.15) is 10.1 Å². The van der Waals surface area contributed by atoms with Gasteiger partial charge in [-0.15, -0.1) is 0 Å². The van der Waals surface area contributed by atoms with Crippen LogP contribution in [0.25, 0.3) is 16.5 Å². The number of aryl methyl sites for hydroxylation is 2. The molecule has 0 saturated heterocycles. The van der Waals surface area contributed by atoms with E-state index in [0.29, 0.717) is 23.9 Å². The van der Waals surface area contributed by atoms with Gasteiger partial charge in [-0.05, 0) is 57.0 Å². The molecule has 2 heterocycles. The van der Waals surface area contributed by atoms with Gasteiger partial charge in [-0.3, -0.25) is 9.59 Å². The zero-order chi connectivity index (χ0) is 22.8. The molecule has 4 rings (SSSR count). The Hall–Kier alpha value is -3.87. The summed E-state index contributed by atoms with van der Waals surface area (Å²) in [4.78, 5) is 25.0. The lowest BCUT2D eigenvalue weighted by atomic mass is 10.0. The third kappa shape index (κ3) is 4.14. The Morgan fingerprint density at radius 2 is 2.00 bits per heavy atom. The van der Waals surface area contributed by atoms with Gasteiger partial charge < -0.3 is 14.5 Å². The molecule has 32 heavy (non-hydrogen) atoms. The number of carbonyl (C=O) groups is 2. The highest BCUT2D eigenvalue weighted by molar-refractivity contribution is 6.17. The van der Waals surface area contributed by atoms with Gasteiger partial charge >= 0.3 is 0 Å². The topological polar surface area (TPSA) is 84.1 Å². The van der Waals surface area contributed by atoms with Crippen molar-refractivity contribution in [3.8, 4) is 5.75 Å². The molecule has 164 valence electrons. The first kappa shape index (κ1) is 21.4. The highest BCUT2D eigenvalue weighted by atomic mass is 16.5. The molecule has 7 heteroatoms. The molecule has 1 aliphatic rings. The van der Waals surface area contributed by atoms with Crippen LogP contribution in [0.4, 0.5) is 5.69 Å². The van der Waals surface area contributed by atoms with Crippen LogP contribution < -0.4 is 15.1 Å². The summed E-state index contributed by atoms with van der Waals surface area (Å²) in [7, 11) is 0. The molecular formula is C25H25N3O4. The second-order valence-corrected chi connectivity index (χ2v) is 7.64. The molecule has 1 aliphatic heterocycles. The van der Waals surface area contributed by atoms with E-state index in [-0.39, 0.29) is 18.2 Å². The number of fused-ring (bicyclic) bond motifs is 1. The molecule has 7 nitrogen and oxygen atoms in total. The number of hydrogen-bond donors (Lipinski definition) is 1. The first-order chi connectivity index (χ1) is 15.4. The maximum atomic E-state index is 12.7. The summed E-state index contributed by atoms with van der Waals surface area (Å²) in [6, 6.07) is 13.0. The molecule has 0 spiro atoms. The first-order valence-corrected chi connectivity index (χ1v) is 10.5.